The molecule has 0 aliphatic heterocycles. The highest BCUT2D eigenvalue weighted by molar-refractivity contribution is 6.83. The van der Waals surface area contributed by atoms with Crippen LogP contribution >= 0.6 is 0 Å². The van der Waals surface area contributed by atoms with E-state index in [2.05, 4.69) is 59.9 Å². The van der Waals surface area contributed by atoms with E-state index in [0.29, 0.717) is 6.42 Å². The first-order chi connectivity index (χ1) is 11.8. The molecule has 0 amide bonds. The third-order valence-electron chi connectivity index (χ3n) is 3.42. The number of nitrogens with zero attached hydrogens (tertiary/aromatic N) is 1. The lowest BCUT2D eigenvalue weighted by Gasteiger charge is -2.12. The highest BCUT2D eigenvalue weighted by atomic mass is 28.3. The average Bonchev–Trinajstić information content (AvgIpc) is 2.58. The lowest BCUT2D eigenvalue weighted by atomic mass is 10.1. The molecule has 0 fully saturated rings. The molecule has 0 aliphatic rings. The second-order valence-corrected chi connectivity index (χ2v) is 11.7. The molecule has 0 saturated heterocycles. The second kappa shape index (κ2) is 10.7. The molecule has 136 valence electrons. The zero-order valence-corrected chi connectivity index (χ0v) is 16.9. The molecule has 1 aromatic rings. The summed E-state index contributed by atoms with van der Waals surface area (Å²) in [5.74, 6) is 3.09. The van der Waals surface area contributed by atoms with Gasteiger partial charge in [0.1, 0.15) is 8.07 Å². The van der Waals surface area contributed by atoms with Gasteiger partial charge in [-0.15, -0.1) is 5.54 Å². The number of carbonyl (C=O) groups excluding carboxylic acids is 1. The first kappa shape index (κ1) is 21.0. The largest absolute Gasteiger partial charge is 0.509 e. The maximum absolute atomic E-state index is 11.4. The first-order valence-corrected chi connectivity index (χ1v) is 12.2. The van der Waals surface area contributed by atoms with Crippen molar-refractivity contribution in [2.75, 3.05) is 7.11 Å². The molecule has 0 spiro atoms. The number of unbranched alkanes of at least 4 members (excludes halogenated alkanes) is 1. The first-order valence-electron chi connectivity index (χ1n) is 8.65. The Labute approximate surface area is 152 Å². The molecule has 0 bridgehead atoms. The van der Waals surface area contributed by atoms with Crippen LogP contribution in [0.15, 0.2) is 35.3 Å². The minimum atomic E-state index is -1.51. The van der Waals surface area contributed by atoms with Crippen molar-refractivity contribution in [2.45, 2.75) is 58.0 Å². The maximum atomic E-state index is 11.4. The zero-order valence-electron chi connectivity index (χ0n) is 15.9. The molecular weight excluding hydrogens is 330 g/mol. The lowest BCUT2D eigenvalue weighted by Crippen LogP contribution is -2.21. The summed E-state index contributed by atoms with van der Waals surface area (Å²) in [5, 5.41) is 0. The summed E-state index contributed by atoms with van der Waals surface area (Å²) >= 11 is 0. The van der Waals surface area contributed by atoms with E-state index in [1.54, 1.807) is 0 Å². The molecule has 0 aromatic heterocycles. The molecule has 2 atom stereocenters. The van der Waals surface area contributed by atoms with Gasteiger partial charge in [-0.2, -0.15) is 0 Å². The number of hydrogen-bond acceptors (Lipinski definition) is 4. The third-order valence-corrected chi connectivity index (χ3v) is 4.32. The van der Waals surface area contributed by atoms with Crippen molar-refractivity contribution in [3.63, 3.8) is 0 Å². The summed E-state index contributed by atoms with van der Waals surface area (Å²) in [6, 6.07) is 10.3. The van der Waals surface area contributed by atoms with Gasteiger partial charge in [0.2, 0.25) is 0 Å². The predicted octanol–water partition coefficient (Wildman–Crippen LogP) is 5.02. The third kappa shape index (κ3) is 9.73. The van der Waals surface area contributed by atoms with Crippen molar-refractivity contribution < 1.29 is 14.3 Å². The highest BCUT2D eigenvalue weighted by Gasteiger charge is 2.14. The Morgan fingerprint density at radius 2 is 1.96 bits per heavy atom. The van der Waals surface area contributed by atoms with Crippen LogP contribution in [-0.4, -0.2) is 33.7 Å². The van der Waals surface area contributed by atoms with Crippen molar-refractivity contribution in [3.8, 4) is 11.5 Å². The van der Waals surface area contributed by atoms with Crippen molar-refractivity contribution in [1.82, 2.24) is 0 Å². The van der Waals surface area contributed by atoms with Crippen LogP contribution in [0, 0.1) is 11.5 Å². The van der Waals surface area contributed by atoms with E-state index in [9.17, 15) is 4.79 Å². The van der Waals surface area contributed by atoms with E-state index in [4.69, 9.17) is 4.74 Å². The van der Waals surface area contributed by atoms with Gasteiger partial charge in [0.25, 0.3) is 0 Å². The maximum Gasteiger partial charge on any atom is 0.509 e. The molecule has 0 N–H and O–H groups in total. The molecule has 0 radical (unpaired) electrons. The minimum absolute atomic E-state index is 0.148. The quantitative estimate of drug-likeness (QED) is 0.226. The zero-order chi connectivity index (χ0) is 18.7. The summed E-state index contributed by atoms with van der Waals surface area (Å²) in [4.78, 5) is 15.9. The average molecular weight is 360 g/mol. The molecular formula is C20H29NO3Si. The van der Waals surface area contributed by atoms with Crippen LogP contribution in [0.4, 0.5) is 4.79 Å². The van der Waals surface area contributed by atoms with E-state index >= 15 is 0 Å². The molecule has 25 heavy (non-hydrogen) atoms. The molecule has 1 unspecified atom stereocenters. The number of aliphatic imine (C=N–C) groups is 1. The second-order valence-electron chi connectivity index (χ2n) is 6.93. The van der Waals surface area contributed by atoms with E-state index < -0.39 is 20.3 Å². The minimum Gasteiger partial charge on any atom is -0.438 e. The van der Waals surface area contributed by atoms with Crippen LogP contribution in [0.1, 0.15) is 37.8 Å². The summed E-state index contributed by atoms with van der Waals surface area (Å²) < 4.78 is 9.81. The molecule has 4 nitrogen and oxygen atoms in total. The monoisotopic (exact) mass is 359 g/mol. The smallest absolute Gasteiger partial charge is 0.438 e. The highest BCUT2D eigenvalue weighted by Crippen LogP contribution is 2.15. The van der Waals surface area contributed by atoms with Crippen molar-refractivity contribution in [3.05, 3.63) is 35.9 Å². The molecule has 0 heterocycles. The number of benzene rings is 1. The number of methoxy groups -OCH3 is 1. The van der Waals surface area contributed by atoms with Crippen LogP contribution < -0.4 is 0 Å². The van der Waals surface area contributed by atoms with Crippen LogP contribution in [0.3, 0.4) is 0 Å². The van der Waals surface area contributed by atoms with E-state index in [1.165, 1.54) is 12.7 Å². The van der Waals surface area contributed by atoms with E-state index in [-0.39, 0.29) is 6.04 Å². The Morgan fingerprint density at radius 1 is 1.28 bits per heavy atom. The molecule has 1 rings (SSSR count). The van der Waals surface area contributed by atoms with Gasteiger partial charge in [-0.1, -0.05) is 55.9 Å². The Kier molecular flexibility index (Phi) is 9.00. The van der Waals surface area contributed by atoms with E-state index in [1.807, 2.05) is 24.4 Å². The molecule has 5 heteroatoms. The van der Waals surface area contributed by atoms with Gasteiger partial charge in [-0.25, -0.2) is 4.79 Å². The van der Waals surface area contributed by atoms with E-state index in [0.717, 1.165) is 12.8 Å². The Balaban J connectivity index is 2.48. The van der Waals surface area contributed by atoms with Gasteiger partial charge in [0.05, 0.1) is 13.2 Å². The molecule has 0 saturated carbocycles. The van der Waals surface area contributed by atoms with Crippen LogP contribution in [0.5, 0.6) is 0 Å². The van der Waals surface area contributed by atoms with Crippen LogP contribution in [0.25, 0.3) is 0 Å². The Bertz CT molecular complexity index is 611. The van der Waals surface area contributed by atoms with Gasteiger partial charge < -0.3 is 9.47 Å². The van der Waals surface area contributed by atoms with Gasteiger partial charge in [0.15, 0.2) is 6.10 Å². The van der Waals surface area contributed by atoms with Gasteiger partial charge in [-0.3, -0.25) is 4.99 Å². The molecule has 0 aliphatic carbocycles. The fraction of sp³-hybridized carbons (Fsp3) is 0.500. The van der Waals surface area contributed by atoms with Gasteiger partial charge in [-0.05, 0) is 38.0 Å². The summed E-state index contributed by atoms with van der Waals surface area (Å²) in [5.41, 5.74) is 4.46. The summed E-state index contributed by atoms with van der Waals surface area (Å²) in [6.45, 7) is 8.56. The van der Waals surface area contributed by atoms with Gasteiger partial charge in [0, 0.05) is 0 Å². The Hall–Kier alpha value is -2.06. The number of rotatable bonds is 7. The fourth-order valence-corrected chi connectivity index (χ4v) is 2.66. The van der Waals surface area contributed by atoms with Crippen LogP contribution in [0.2, 0.25) is 19.6 Å². The topological polar surface area (TPSA) is 47.9 Å². The van der Waals surface area contributed by atoms with Crippen LogP contribution in [-0.2, 0) is 9.47 Å². The predicted molar refractivity (Wildman–Crippen MR) is 106 cm³/mol. The van der Waals surface area contributed by atoms with Gasteiger partial charge >= 0.3 is 6.16 Å². The summed E-state index contributed by atoms with van der Waals surface area (Å²) in [7, 11) is -0.199. The standard InChI is InChI=1S/C20H29NO3Si/c1-17(18-11-7-6-8-12-18)21-15-10-9-13-19(24-20(22)23-2)14-16-25(3,4)5/h6-8,11-12,15,17,19H,9-10,13H2,1-5H3/t17-,19?/m1/s1. The Morgan fingerprint density at radius 3 is 2.56 bits per heavy atom. The normalized spacial score (nSPS) is 13.6. The fourth-order valence-electron chi connectivity index (χ4n) is 2.07. The van der Waals surface area contributed by atoms with Crippen molar-refractivity contribution in [2.24, 2.45) is 4.99 Å². The summed E-state index contributed by atoms with van der Waals surface area (Å²) in [6.07, 6.45) is 3.21. The molecule has 1 aromatic carbocycles. The number of hydrogen-bond donors (Lipinski definition) is 0. The van der Waals surface area contributed by atoms with Crippen molar-refractivity contribution >= 4 is 20.4 Å². The van der Waals surface area contributed by atoms with Crippen molar-refractivity contribution in [1.29, 1.82) is 0 Å². The number of ether oxygens (including phenoxy) is 2. The lowest BCUT2D eigenvalue weighted by molar-refractivity contribution is 0.0525. The number of carbonyl (C=O) groups is 1. The SMILES string of the molecule is COC(=O)OC(C#C[Si](C)(C)C)CCCC=N[C@H](C)c1ccccc1.